The topological polar surface area (TPSA) is 100 Å². The van der Waals surface area contributed by atoms with Gasteiger partial charge >= 0.3 is 0 Å². The number of carbonyl (C=O) groups is 1. The highest BCUT2D eigenvalue weighted by atomic mass is 32.1. The van der Waals surface area contributed by atoms with E-state index < -0.39 is 6.10 Å². The molecular weight excluding hydrogens is 374 g/mol. The fourth-order valence-electron chi connectivity index (χ4n) is 2.50. The van der Waals surface area contributed by atoms with Crippen molar-refractivity contribution < 1.29 is 9.90 Å². The maximum absolute atomic E-state index is 12.5. The number of hydrogen-bond acceptors (Lipinski definition) is 7. The Labute approximate surface area is 169 Å². The van der Waals surface area contributed by atoms with Gasteiger partial charge in [0.05, 0.1) is 22.4 Å². The number of amides is 1. The lowest BCUT2D eigenvalue weighted by Crippen LogP contribution is -2.31. The zero-order valence-electron chi connectivity index (χ0n) is 16.9. The first kappa shape index (κ1) is 21.7. The zero-order chi connectivity index (χ0) is 20.7. The minimum Gasteiger partial charge on any atom is -0.392 e. The number of thiophene rings is 1. The van der Waals surface area contributed by atoms with Crippen molar-refractivity contribution in [1.82, 2.24) is 20.3 Å². The van der Waals surface area contributed by atoms with E-state index in [4.69, 9.17) is 0 Å². The van der Waals surface area contributed by atoms with Crippen LogP contribution in [-0.4, -0.2) is 38.6 Å². The number of aliphatic hydroxyl groups is 1. The van der Waals surface area contributed by atoms with Crippen LogP contribution in [-0.2, 0) is 0 Å². The molecule has 0 fully saturated rings. The molecule has 3 N–H and O–H groups in total. The first-order valence-corrected chi connectivity index (χ1v) is 10.2. The Hall–Kier alpha value is -2.58. The third-order valence-electron chi connectivity index (χ3n) is 3.80. The van der Waals surface area contributed by atoms with Gasteiger partial charge in [-0.2, -0.15) is 0 Å². The highest BCUT2D eigenvalue weighted by Crippen LogP contribution is 2.28. The fourth-order valence-corrected chi connectivity index (χ4v) is 3.44. The standard InChI is InChI=1S/C18H21N5O2S.C2H6/c1-10(24)8-20-17(25)15-16-14(7-11(2)26-16)22-18(23-15)21-12(3)13-5-4-6-19-9-13;1-2/h4-7,9-10,12,24H,8H2,1-3H3,(H,20,25)(H,21,22,23);1-2H3/t10-,12-;/m0./s1. The van der Waals surface area contributed by atoms with E-state index in [2.05, 4.69) is 25.6 Å². The Balaban J connectivity index is 0.00000136. The lowest BCUT2D eigenvalue weighted by Gasteiger charge is -2.15. The average Bonchev–Trinajstić information content (AvgIpc) is 3.07. The lowest BCUT2D eigenvalue weighted by molar-refractivity contribution is 0.0921. The van der Waals surface area contributed by atoms with Gasteiger partial charge in [0, 0.05) is 23.8 Å². The molecule has 0 aromatic carbocycles. The summed E-state index contributed by atoms with van der Waals surface area (Å²) in [6, 6.07) is 5.71. The summed E-state index contributed by atoms with van der Waals surface area (Å²) in [5, 5.41) is 15.3. The van der Waals surface area contributed by atoms with Gasteiger partial charge in [0.1, 0.15) is 0 Å². The molecule has 7 nitrogen and oxygen atoms in total. The molecule has 2 atom stereocenters. The van der Waals surface area contributed by atoms with Crippen LogP contribution in [0, 0.1) is 6.92 Å². The van der Waals surface area contributed by atoms with Crippen molar-refractivity contribution in [3.05, 3.63) is 46.7 Å². The van der Waals surface area contributed by atoms with E-state index in [1.165, 1.54) is 11.3 Å². The Morgan fingerprint density at radius 2 is 2.04 bits per heavy atom. The van der Waals surface area contributed by atoms with Crippen LogP contribution in [0.2, 0.25) is 0 Å². The largest absolute Gasteiger partial charge is 0.392 e. The minimum atomic E-state index is -0.621. The second-order valence-corrected chi connectivity index (χ2v) is 7.43. The molecule has 0 aliphatic carbocycles. The second-order valence-electron chi connectivity index (χ2n) is 6.18. The predicted octanol–water partition coefficient (Wildman–Crippen LogP) is 3.70. The van der Waals surface area contributed by atoms with Crippen LogP contribution >= 0.6 is 11.3 Å². The number of aryl methyl sites for hydroxylation is 1. The molecular formula is C20H27N5O2S. The maximum atomic E-state index is 12.5. The molecule has 0 aliphatic heterocycles. The molecule has 1 amide bonds. The third-order valence-corrected chi connectivity index (χ3v) is 4.84. The molecule has 3 heterocycles. The van der Waals surface area contributed by atoms with Gasteiger partial charge in [-0.25, -0.2) is 9.97 Å². The number of hydrogen-bond donors (Lipinski definition) is 3. The van der Waals surface area contributed by atoms with Crippen molar-refractivity contribution in [2.45, 2.75) is 46.8 Å². The number of pyridine rings is 1. The molecule has 0 spiro atoms. The van der Waals surface area contributed by atoms with Gasteiger partial charge in [0.15, 0.2) is 5.69 Å². The SMILES string of the molecule is CC.Cc1cc2nc(N[C@@H](C)c3cccnc3)nc(C(=O)NC[C@H](C)O)c2s1. The first-order chi connectivity index (χ1) is 13.4. The molecule has 3 rings (SSSR count). The molecule has 0 saturated carbocycles. The van der Waals surface area contributed by atoms with Crippen LogP contribution < -0.4 is 10.6 Å². The van der Waals surface area contributed by atoms with Crippen molar-refractivity contribution in [2.75, 3.05) is 11.9 Å². The molecule has 0 radical (unpaired) electrons. The van der Waals surface area contributed by atoms with Gasteiger partial charge in [-0.3, -0.25) is 9.78 Å². The van der Waals surface area contributed by atoms with Gasteiger partial charge in [-0.15, -0.1) is 11.3 Å². The summed E-state index contributed by atoms with van der Waals surface area (Å²) in [5.74, 6) is 0.0612. The van der Waals surface area contributed by atoms with Crippen LogP contribution in [0.4, 0.5) is 5.95 Å². The zero-order valence-corrected chi connectivity index (χ0v) is 17.7. The van der Waals surface area contributed by atoms with E-state index in [9.17, 15) is 9.90 Å². The summed E-state index contributed by atoms with van der Waals surface area (Å²) >= 11 is 1.48. The Bertz CT molecular complexity index is 912. The molecule has 150 valence electrons. The average molecular weight is 402 g/mol. The van der Waals surface area contributed by atoms with Crippen LogP contribution in [0.15, 0.2) is 30.6 Å². The summed E-state index contributed by atoms with van der Waals surface area (Å²) < 4.78 is 0.741. The smallest absolute Gasteiger partial charge is 0.271 e. The number of nitrogens with zero attached hydrogens (tertiary/aromatic N) is 3. The van der Waals surface area contributed by atoms with Crippen LogP contribution in [0.3, 0.4) is 0 Å². The molecule has 0 aliphatic rings. The summed E-state index contributed by atoms with van der Waals surface area (Å²) in [4.78, 5) is 26.7. The molecule has 0 unspecified atom stereocenters. The van der Waals surface area contributed by atoms with Crippen LogP contribution in [0.25, 0.3) is 10.2 Å². The van der Waals surface area contributed by atoms with Crippen LogP contribution in [0.1, 0.15) is 54.7 Å². The molecule has 0 bridgehead atoms. The van der Waals surface area contributed by atoms with E-state index in [0.717, 1.165) is 20.7 Å². The number of nitrogens with one attached hydrogen (secondary N) is 2. The molecule has 3 aromatic heterocycles. The summed E-state index contributed by atoms with van der Waals surface area (Å²) in [6.07, 6.45) is 2.88. The Morgan fingerprint density at radius 1 is 1.29 bits per heavy atom. The number of fused-ring (bicyclic) bond motifs is 1. The van der Waals surface area contributed by atoms with E-state index in [1.807, 2.05) is 45.9 Å². The second kappa shape index (κ2) is 10.1. The number of aromatic nitrogens is 3. The lowest BCUT2D eigenvalue weighted by atomic mass is 10.1. The van der Waals surface area contributed by atoms with E-state index in [1.54, 1.807) is 19.3 Å². The molecule has 28 heavy (non-hydrogen) atoms. The van der Waals surface area contributed by atoms with Crippen molar-refractivity contribution in [2.24, 2.45) is 0 Å². The van der Waals surface area contributed by atoms with Gasteiger partial charge < -0.3 is 15.7 Å². The van der Waals surface area contributed by atoms with Gasteiger partial charge in [0.25, 0.3) is 5.91 Å². The highest BCUT2D eigenvalue weighted by Gasteiger charge is 2.18. The molecule has 3 aromatic rings. The minimum absolute atomic E-state index is 0.0609. The number of aliphatic hydroxyl groups excluding tert-OH is 1. The summed E-state index contributed by atoms with van der Waals surface area (Å²) in [5.41, 5.74) is 2.04. The summed E-state index contributed by atoms with van der Waals surface area (Å²) in [7, 11) is 0. The first-order valence-electron chi connectivity index (χ1n) is 9.35. The molecule has 0 saturated heterocycles. The van der Waals surface area contributed by atoms with Crippen molar-refractivity contribution >= 4 is 33.4 Å². The van der Waals surface area contributed by atoms with Gasteiger partial charge in [0.2, 0.25) is 5.95 Å². The normalized spacial score (nSPS) is 12.6. The van der Waals surface area contributed by atoms with Crippen molar-refractivity contribution in [3.8, 4) is 0 Å². The highest BCUT2D eigenvalue weighted by molar-refractivity contribution is 7.19. The van der Waals surface area contributed by atoms with E-state index in [-0.39, 0.29) is 18.5 Å². The van der Waals surface area contributed by atoms with Gasteiger partial charge in [-0.1, -0.05) is 19.9 Å². The van der Waals surface area contributed by atoms with E-state index >= 15 is 0 Å². The summed E-state index contributed by atoms with van der Waals surface area (Å²) in [6.45, 7) is 9.74. The van der Waals surface area contributed by atoms with Crippen molar-refractivity contribution in [3.63, 3.8) is 0 Å². The van der Waals surface area contributed by atoms with Crippen molar-refractivity contribution in [1.29, 1.82) is 0 Å². The fraction of sp³-hybridized carbons (Fsp3) is 0.400. The third kappa shape index (κ3) is 5.46. The Morgan fingerprint density at radius 3 is 2.68 bits per heavy atom. The quantitative estimate of drug-likeness (QED) is 0.582. The number of anilines is 1. The maximum Gasteiger partial charge on any atom is 0.271 e. The molecule has 8 heteroatoms. The number of rotatable bonds is 6. The number of carbonyl (C=O) groups excluding carboxylic acids is 1. The monoisotopic (exact) mass is 401 g/mol. The predicted molar refractivity (Wildman–Crippen MR) is 114 cm³/mol. The Kier molecular flexibility index (Phi) is 7.83. The van der Waals surface area contributed by atoms with E-state index in [0.29, 0.717) is 11.6 Å². The van der Waals surface area contributed by atoms with Gasteiger partial charge in [-0.05, 0) is 38.5 Å². The van der Waals surface area contributed by atoms with Crippen LogP contribution in [0.5, 0.6) is 0 Å².